The molecule has 0 aliphatic carbocycles. The third-order valence-electron chi connectivity index (χ3n) is 4.35. The van der Waals surface area contributed by atoms with Crippen molar-refractivity contribution in [2.75, 3.05) is 16.4 Å². The van der Waals surface area contributed by atoms with Crippen LogP contribution in [0.3, 0.4) is 0 Å². The summed E-state index contributed by atoms with van der Waals surface area (Å²) in [6.07, 6.45) is 2.41. The van der Waals surface area contributed by atoms with Gasteiger partial charge in [-0.25, -0.2) is 14.4 Å². The topological polar surface area (TPSA) is 67.2 Å². The number of aromatic nitrogens is 2. The van der Waals surface area contributed by atoms with Gasteiger partial charge in [0.1, 0.15) is 5.54 Å². The lowest BCUT2D eigenvalue weighted by Gasteiger charge is -2.19. The van der Waals surface area contributed by atoms with E-state index in [-0.39, 0.29) is 11.9 Å². The van der Waals surface area contributed by atoms with E-state index in [1.807, 2.05) is 31.2 Å². The number of nitrogens with zero attached hydrogens (tertiary/aromatic N) is 3. The fourth-order valence-electron chi connectivity index (χ4n) is 3.09. The number of hydrogen-bond donors (Lipinski definition) is 1. The molecule has 1 unspecified atom stereocenters. The third-order valence-corrected chi connectivity index (χ3v) is 5.54. The number of carbonyl (C=O) groups excluding carboxylic acids is 2. The van der Waals surface area contributed by atoms with Crippen LogP contribution in [0.25, 0.3) is 5.69 Å². The van der Waals surface area contributed by atoms with Crippen LogP contribution in [0.1, 0.15) is 12.1 Å². The summed E-state index contributed by atoms with van der Waals surface area (Å²) in [6.45, 7) is 1.96. The summed E-state index contributed by atoms with van der Waals surface area (Å²) in [5.41, 5.74) is 1.67. The highest BCUT2D eigenvalue weighted by atomic mass is 32.2. The highest BCUT2D eigenvalue weighted by Crippen LogP contribution is 2.35. The zero-order valence-corrected chi connectivity index (χ0v) is 13.5. The number of amides is 3. The second kappa shape index (κ2) is 5.13. The van der Waals surface area contributed by atoms with Crippen molar-refractivity contribution in [1.29, 1.82) is 0 Å². The average Bonchev–Trinajstić information content (AvgIpc) is 3.22. The largest absolute Gasteiger partial charge is 0.329 e. The molecule has 4 rings (SSSR count). The van der Waals surface area contributed by atoms with Gasteiger partial charge in [0.15, 0.2) is 0 Å². The Morgan fingerprint density at radius 3 is 2.78 bits per heavy atom. The fraction of sp³-hybridized carbons (Fsp3) is 0.312. The molecule has 1 spiro atoms. The van der Waals surface area contributed by atoms with Crippen molar-refractivity contribution in [3.63, 3.8) is 0 Å². The lowest BCUT2D eigenvalue weighted by molar-refractivity contribution is -0.121. The zero-order chi connectivity index (χ0) is 16.0. The van der Waals surface area contributed by atoms with Gasteiger partial charge in [0.2, 0.25) is 0 Å². The Balaban J connectivity index is 1.72. The van der Waals surface area contributed by atoms with E-state index in [4.69, 9.17) is 0 Å². The van der Waals surface area contributed by atoms with E-state index in [9.17, 15) is 9.59 Å². The number of carbonyl (C=O) groups is 2. The molecule has 6 nitrogen and oxygen atoms in total. The Hall–Kier alpha value is -2.28. The average molecular weight is 328 g/mol. The third kappa shape index (κ3) is 2.15. The maximum absolute atomic E-state index is 12.8. The van der Waals surface area contributed by atoms with Gasteiger partial charge in [-0.3, -0.25) is 4.79 Å². The summed E-state index contributed by atoms with van der Waals surface area (Å²) in [5, 5.41) is 7.16. The van der Waals surface area contributed by atoms with Crippen molar-refractivity contribution in [2.24, 2.45) is 0 Å². The molecule has 3 heterocycles. The molecule has 1 N–H and O–H groups in total. The van der Waals surface area contributed by atoms with Crippen LogP contribution in [0.4, 0.5) is 10.5 Å². The van der Waals surface area contributed by atoms with Crippen molar-refractivity contribution < 1.29 is 9.59 Å². The van der Waals surface area contributed by atoms with Gasteiger partial charge in [-0.1, -0.05) is 6.07 Å². The van der Waals surface area contributed by atoms with Crippen LogP contribution in [-0.2, 0) is 4.79 Å². The molecule has 1 aromatic carbocycles. The molecule has 2 saturated heterocycles. The summed E-state index contributed by atoms with van der Waals surface area (Å²) < 4.78 is 1.78. The van der Waals surface area contributed by atoms with E-state index in [2.05, 4.69) is 10.4 Å². The molecule has 7 heteroatoms. The second-order valence-electron chi connectivity index (χ2n) is 5.86. The molecule has 2 fully saturated rings. The van der Waals surface area contributed by atoms with Crippen molar-refractivity contribution >= 4 is 29.4 Å². The minimum atomic E-state index is -0.723. The normalized spacial score (nSPS) is 23.8. The molecule has 2 aliphatic heterocycles. The SMILES string of the molecule is Cc1ccnn1-c1cccc(N2C(=O)NC3(CCSC3)C2=O)c1. The second-order valence-corrected chi connectivity index (χ2v) is 6.96. The zero-order valence-electron chi connectivity index (χ0n) is 12.7. The van der Waals surface area contributed by atoms with E-state index in [0.717, 1.165) is 17.1 Å². The van der Waals surface area contributed by atoms with Crippen LogP contribution in [0.2, 0.25) is 0 Å². The maximum atomic E-state index is 12.8. The van der Waals surface area contributed by atoms with Crippen molar-refractivity contribution in [3.8, 4) is 5.69 Å². The maximum Gasteiger partial charge on any atom is 0.329 e. The molecule has 3 amide bonds. The molecule has 2 aliphatic rings. The summed E-state index contributed by atoms with van der Waals surface area (Å²) in [5.74, 6) is 1.39. The number of nitrogens with one attached hydrogen (secondary N) is 1. The smallest absolute Gasteiger partial charge is 0.322 e. The molecule has 0 saturated carbocycles. The number of benzene rings is 1. The highest BCUT2D eigenvalue weighted by molar-refractivity contribution is 7.99. The van der Waals surface area contributed by atoms with Gasteiger partial charge in [0, 0.05) is 17.6 Å². The number of rotatable bonds is 2. The predicted molar refractivity (Wildman–Crippen MR) is 89.0 cm³/mol. The van der Waals surface area contributed by atoms with Crippen LogP contribution < -0.4 is 10.2 Å². The van der Waals surface area contributed by atoms with Crippen molar-refractivity contribution in [1.82, 2.24) is 15.1 Å². The summed E-state index contributed by atoms with van der Waals surface area (Å²) in [7, 11) is 0. The predicted octanol–water partition coefficient (Wildman–Crippen LogP) is 2.11. The minimum Gasteiger partial charge on any atom is -0.322 e. The first kappa shape index (κ1) is 14.3. The molecular formula is C16H16N4O2S. The van der Waals surface area contributed by atoms with Gasteiger partial charge >= 0.3 is 6.03 Å². The van der Waals surface area contributed by atoms with Crippen LogP contribution >= 0.6 is 11.8 Å². The van der Waals surface area contributed by atoms with Gasteiger partial charge in [-0.2, -0.15) is 16.9 Å². The van der Waals surface area contributed by atoms with Crippen LogP contribution in [0, 0.1) is 6.92 Å². The standard InChI is InChI=1S/C16H16N4O2S/c1-11-5-7-17-20(11)13-4-2-3-12(9-13)19-14(21)16(18-15(19)22)6-8-23-10-16/h2-5,7,9H,6,8,10H2,1H3,(H,18,22). The first-order valence-corrected chi connectivity index (χ1v) is 8.62. The molecule has 1 aromatic heterocycles. The Bertz CT molecular complexity index is 795. The molecule has 118 valence electrons. The summed E-state index contributed by atoms with van der Waals surface area (Å²) >= 11 is 1.70. The molecule has 0 bridgehead atoms. The lowest BCUT2D eigenvalue weighted by Crippen LogP contribution is -2.47. The van der Waals surface area contributed by atoms with E-state index < -0.39 is 5.54 Å². The molecule has 0 radical (unpaired) electrons. The lowest BCUT2D eigenvalue weighted by atomic mass is 9.99. The summed E-state index contributed by atoms with van der Waals surface area (Å²) in [6, 6.07) is 8.90. The van der Waals surface area contributed by atoms with Crippen molar-refractivity contribution in [2.45, 2.75) is 18.9 Å². The van der Waals surface area contributed by atoms with Crippen molar-refractivity contribution in [3.05, 3.63) is 42.2 Å². The number of aryl methyl sites for hydroxylation is 1. The highest BCUT2D eigenvalue weighted by Gasteiger charge is 2.53. The van der Waals surface area contributed by atoms with Crippen LogP contribution in [0.5, 0.6) is 0 Å². The quantitative estimate of drug-likeness (QED) is 0.858. The number of imide groups is 1. The first-order chi connectivity index (χ1) is 11.1. The molecular weight excluding hydrogens is 312 g/mol. The van der Waals surface area contributed by atoms with Gasteiger partial charge < -0.3 is 5.32 Å². The Morgan fingerprint density at radius 2 is 2.09 bits per heavy atom. The van der Waals surface area contributed by atoms with Gasteiger partial charge in [0.25, 0.3) is 5.91 Å². The van der Waals surface area contributed by atoms with Gasteiger partial charge in [-0.05, 0) is 43.4 Å². The Morgan fingerprint density at radius 1 is 1.26 bits per heavy atom. The number of thioether (sulfide) groups is 1. The number of urea groups is 1. The molecule has 1 atom stereocenters. The van der Waals surface area contributed by atoms with E-state index >= 15 is 0 Å². The van der Waals surface area contributed by atoms with Crippen LogP contribution in [0.15, 0.2) is 36.5 Å². The fourth-order valence-corrected chi connectivity index (χ4v) is 4.42. The van der Waals surface area contributed by atoms with E-state index in [1.54, 1.807) is 28.7 Å². The van der Waals surface area contributed by atoms with Crippen LogP contribution in [-0.4, -0.2) is 38.8 Å². The van der Waals surface area contributed by atoms with E-state index in [0.29, 0.717) is 17.9 Å². The van der Waals surface area contributed by atoms with Gasteiger partial charge in [-0.15, -0.1) is 0 Å². The number of hydrogen-bond acceptors (Lipinski definition) is 4. The Kier molecular flexibility index (Phi) is 3.19. The first-order valence-electron chi connectivity index (χ1n) is 7.46. The molecule has 2 aromatic rings. The van der Waals surface area contributed by atoms with Gasteiger partial charge in [0.05, 0.1) is 11.4 Å². The van der Waals surface area contributed by atoms with E-state index in [1.165, 1.54) is 4.90 Å². The summed E-state index contributed by atoms with van der Waals surface area (Å²) in [4.78, 5) is 26.4. The monoisotopic (exact) mass is 328 g/mol. The minimum absolute atomic E-state index is 0.151. The molecule has 23 heavy (non-hydrogen) atoms. The number of anilines is 1. The Labute approximate surface area is 137 Å².